The van der Waals surface area contributed by atoms with Crippen molar-refractivity contribution in [3.63, 3.8) is 0 Å². The van der Waals surface area contributed by atoms with Gasteiger partial charge in [-0.3, -0.25) is 0 Å². The molecule has 0 spiro atoms. The number of esters is 1. The molecule has 0 heterocycles. The summed E-state index contributed by atoms with van der Waals surface area (Å²) in [5, 5.41) is 2.17. The molecule has 4 heteroatoms. The van der Waals surface area contributed by atoms with Gasteiger partial charge in [0.15, 0.2) is 0 Å². The fraction of sp³-hybridized carbons (Fsp3) is 0.174. The van der Waals surface area contributed by atoms with Gasteiger partial charge in [0.1, 0.15) is 24.7 Å². The molecule has 4 nitrogen and oxygen atoms in total. The number of aryl methyl sites for hydroxylation is 1. The van der Waals surface area contributed by atoms with Gasteiger partial charge in [0.05, 0.1) is 7.11 Å². The van der Waals surface area contributed by atoms with Crippen LogP contribution in [0, 0.1) is 6.92 Å². The molecule has 0 saturated carbocycles. The molecule has 3 rings (SSSR count). The van der Waals surface area contributed by atoms with E-state index in [1.165, 1.54) is 6.08 Å². The minimum absolute atomic E-state index is 0.203. The van der Waals surface area contributed by atoms with Crippen LogP contribution in [0.15, 0.2) is 66.7 Å². The molecule has 3 aromatic rings. The van der Waals surface area contributed by atoms with E-state index in [4.69, 9.17) is 14.2 Å². The Morgan fingerprint density at radius 1 is 0.963 bits per heavy atom. The predicted molar refractivity (Wildman–Crippen MR) is 107 cm³/mol. The Morgan fingerprint density at radius 2 is 1.74 bits per heavy atom. The lowest BCUT2D eigenvalue weighted by atomic mass is 10.1. The number of hydrogen-bond donors (Lipinski definition) is 0. The quantitative estimate of drug-likeness (QED) is 0.344. The van der Waals surface area contributed by atoms with Crippen molar-refractivity contribution in [2.45, 2.75) is 6.92 Å². The minimum Gasteiger partial charge on any atom is -0.497 e. The first-order valence-electron chi connectivity index (χ1n) is 8.77. The van der Waals surface area contributed by atoms with Crippen LogP contribution in [0.5, 0.6) is 11.5 Å². The number of methoxy groups -OCH3 is 1. The van der Waals surface area contributed by atoms with Crippen LogP contribution in [0.25, 0.3) is 16.8 Å². The Kier molecular flexibility index (Phi) is 6.10. The van der Waals surface area contributed by atoms with Crippen molar-refractivity contribution < 1.29 is 19.0 Å². The number of fused-ring (bicyclic) bond motifs is 1. The SMILES string of the molecule is COc1ccc2cc(/C=C/C(=O)OCCOc3ccccc3C)ccc2c1. The first-order chi connectivity index (χ1) is 13.2. The van der Waals surface area contributed by atoms with Crippen LogP contribution in [0.3, 0.4) is 0 Å². The molecular weight excluding hydrogens is 340 g/mol. The summed E-state index contributed by atoms with van der Waals surface area (Å²) < 4.78 is 16.0. The van der Waals surface area contributed by atoms with Gasteiger partial charge < -0.3 is 14.2 Å². The lowest BCUT2D eigenvalue weighted by molar-refractivity contribution is -0.138. The zero-order chi connectivity index (χ0) is 19.1. The van der Waals surface area contributed by atoms with E-state index in [2.05, 4.69) is 0 Å². The zero-order valence-electron chi connectivity index (χ0n) is 15.5. The van der Waals surface area contributed by atoms with Crippen molar-refractivity contribution in [1.29, 1.82) is 0 Å². The largest absolute Gasteiger partial charge is 0.497 e. The normalized spacial score (nSPS) is 10.9. The highest BCUT2D eigenvalue weighted by Gasteiger charge is 2.01. The highest BCUT2D eigenvalue weighted by Crippen LogP contribution is 2.22. The fourth-order valence-electron chi connectivity index (χ4n) is 2.70. The summed E-state index contributed by atoms with van der Waals surface area (Å²) in [6, 6.07) is 19.6. The lowest BCUT2D eigenvalue weighted by Crippen LogP contribution is -2.10. The average molecular weight is 362 g/mol. The fourth-order valence-corrected chi connectivity index (χ4v) is 2.70. The second-order valence-corrected chi connectivity index (χ2v) is 6.09. The standard InChI is InChI=1S/C23H22O4/c1-17-5-3-4-6-22(17)26-13-14-27-23(24)12-8-18-7-9-20-16-21(25-2)11-10-19(20)15-18/h3-12,15-16H,13-14H2,1-2H3/b12-8+. The van der Waals surface area contributed by atoms with Gasteiger partial charge in [0.25, 0.3) is 0 Å². The maximum atomic E-state index is 11.9. The molecule has 0 aliphatic carbocycles. The van der Waals surface area contributed by atoms with Gasteiger partial charge in [0, 0.05) is 6.08 Å². The molecule has 0 atom stereocenters. The number of para-hydroxylation sites is 1. The van der Waals surface area contributed by atoms with Gasteiger partial charge in [-0.05, 0) is 59.2 Å². The van der Waals surface area contributed by atoms with E-state index in [0.717, 1.165) is 33.4 Å². The monoisotopic (exact) mass is 362 g/mol. The number of hydrogen-bond acceptors (Lipinski definition) is 4. The molecule has 0 aliphatic rings. The third-order valence-electron chi connectivity index (χ3n) is 4.16. The van der Waals surface area contributed by atoms with E-state index >= 15 is 0 Å². The molecule has 0 bridgehead atoms. The topological polar surface area (TPSA) is 44.8 Å². The van der Waals surface area contributed by atoms with Crippen molar-refractivity contribution in [1.82, 2.24) is 0 Å². The lowest BCUT2D eigenvalue weighted by Gasteiger charge is -2.08. The van der Waals surface area contributed by atoms with Crippen molar-refractivity contribution in [3.05, 3.63) is 77.9 Å². The Morgan fingerprint density at radius 3 is 2.56 bits per heavy atom. The third-order valence-corrected chi connectivity index (χ3v) is 4.16. The summed E-state index contributed by atoms with van der Waals surface area (Å²) in [6.07, 6.45) is 3.17. The van der Waals surface area contributed by atoms with Crippen LogP contribution in [-0.4, -0.2) is 26.3 Å². The Labute approximate surface area is 159 Å². The number of carbonyl (C=O) groups excluding carboxylic acids is 1. The molecule has 0 unspecified atom stereocenters. The Bertz CT molecular complexity index is 960. The van der Waals surface area contributed by atoms with E-state index in [0.29, 0.717) is 6.61 Å². The third kappa shape index (κ3) is 5.11. The van der Waals surface area contributed by atoms with Crippen LogP contribution in [0.2, 0.25) is 0 Å². The smallest absolute Gasteiger partial charge is 0.330 e. The maximum absolute atomic E-state index is 11.9. The highest BCUT2D eigenvalue weighted by atomic mass is 16.6. The highest BCUT2D eigenvalue weighted by molar-refractivity contribution is 5.90. The number of benzene rings is 3. The van der Waals surface area contributed by atoms with Crippen LogP contribution >= 0.6 is 0 Å². The van der Waals surface area contributed by atoms with Crippen molar-refractivity contribution in [3.8, 4) is 11.5 Å². The zero-order valence-corrected chi connectivity index (χ0v) is 15.5. The van der Waals surface area contributed by atoms with Crippen molar-refractivity contribution in [2.75, 3.05) is 20.3 Å². The summed E-state index contributed by atoms with van der Waals surface area (Å²) in [7, 11) is 1.65. The van der Waals surface area contributed by atoms with Gasteiger partial charge in [-0.2, -0.15) is 0 Å². The van der Waals surface area contributed by atoms with E-state index < -0.39 is 5.97 Å². The molecular formula is C23H22O4. The molecule has 3 aromatic carbocycles. The predicted octanol–water partition coefficient (Wildman–Crippen LogP) is 4.79. The van der Waals surface area contributed by atoms with Crippen LogP contribution in [-0.2, 0) is 9.53 Å². The summed E-state index contributed by atoms with van der Waals surface area (Å²) in [4.78, 5) is 11.9. The number of carbonyl (C=O) groups is 1. The van der Waals surface area contributed by atoms with Gasteiger partial charge in [-0.15, -0.1) is 0 Å². The summed E-state index contributed by atoms with van der Waals surface area (Å²) >= 11 is 0. The van der Waals surface area contributed by atoms with Crippen molar-refractivity contribution in [2.24, 2.45) is 0 Å². The first-order valence-corrected chi connectivity index (χ1v) is 8.77. The number of rotatable bonds is 7. The molecule has 0 aliphatic heterocycles. The van der Waals surface area contributed by atoms with Crippen molar-refractivity contribution >= 4 is 22.8 Å². The molecule has 0 amide bonds. The molecule has 0 radical (unpaired) electrons. The van der Waals surface area contributed by atoms with Gasteiger partial charge in [-0.25, -0.2) is 4.79 Å². The molecule has 27 heavy (non-hydrogen) atoms. The van der Waals surface area contributed by atoms with E-state index in [1.54, 1.807) is 13.2 Å². The summed E-state index contributed by atoms with van der Waals surface area (Å²) in [5.74, 6) is 1.23. The molecule has 0 N–H and O–H groups in total. The minimum atomic E-state index is -0.391. The summed E-state index contributed by atoms with van der Waals surface area (Å²) in [6.45, 7) is 2.50. The second kappa shape index (κ2) is 8.90. The molecule has 138 valence electrons. The van der Waals surface area contributed by atoms with Gasteiger partial charge in [-0.1, -0.05) is 36.4 Å². The first kappa shape index (κ1) is 18.5. The average Bonchev–Trinajstić information content (AvgIpc) is 2.70. The molecule has 0 saturated heterocycles. The molecule has 0 aromatic heterocycles. The number of ether oxygens (including phenoxy) is 3. The Hall–Kier alpha value is -3.27. The van der Waals surface area contributed by atoms with Crippen LogP contribution < -0.4 is 9.47 Å². The van der Waals surface area contributed by atoms with Gasteiger partial charge in [0.2, 0.25) is 0 Å². The second-order valence-electron chi connectivity index (χ2n) is 6.09. The maximum Gasteiger partial charge on any atom is 0.330 e. The molecule has 0 fully saturated rings. The Balaban J connectivity index is 1.50. The van der Waals surface area contributed by atoms with Crippen LogP contribution in [0.4, 0.5) is 0 Å². The van der Waals surface area contributed by atoms with Gasteiger partial charge >= 0.3 is 5.97 Å². The van der Waals surface area contributed by atoms with Crippen LogP contribution in [0.1, 0.15) is 11.1 Å². The van der Waals surface area contributed by atoms with E-state index in [-0.39, 0.29) is 6.61 Å². The van der Waals surface area contributed by atoms with E-state index in [1.807, 2.05) is 67.6 Å². The summed E-state index contributed by atoms with van der Waals surface area (Å²) in [5.41, 5.74) is 1.98. The van der Waals surface area contributed by atoms with E-state index in [9.17, 15) is 4.79 Å².